The Kier molecular flexibility index (Phi) is 5.51. The minimum atomic E-state index is -3.65. The smallest absolute Gasteiger partial charge is 0.343 e. The molecule has 0 spiro atoms. The van der Waals surface area contributed by atoms with Crippen LogP contribution >= 0.6 is 0 Å². The summed E-state index contributed by atoms with van der Waals surface area (Å²) in [6.07, 6.45) is 0. The second kappa shape index (κ2) is 7.86. The molecule has 0 N–H and O–H groups in total. The van der Waals surface area contributed by atoms with Gasteiger partial charge in [-0.2, -0.15) is 0 Å². The first-order valence-corrected chi connectivity index (χ1v) is 10.2. The fraction of sp³-hybridized carbons (Fsp3) is 0.136. The molecule has 3 aromatic rings. The third kappa shape index (κ3) is 4.23. The molecule has 0 aliphatic rings. The van der Waals surface area contributed by atoms with Crippen LogP contribution in [0.3, 0.4) is 0 Å². The van der Waals surface area contributed by atoms with Crippen molar-refractivity contribution in [1.82, 2.24) is 0 Å². The van der Waals surface area contributed by atoms with Crippen molar-refractivity contribution in [2.24, 2.45) is 0 Å². The Morgan fingerprint density at radius 3 is 2.00 bits per heavy atom. The Bertz CT molecular complexity index is 1070. The molecule has 0 heterocycles. The van der Waals surface area contributed by atoms with E-state index in [0.717, 1.165) is 11.1 Å². The van der Waals surface area contributed by atoms with E-state index < -0.39 is 16.0 Å². The fourth-order valence-corrected chi connectivity index (χ4v) is 4.09. The number of hydrogen-bond acceptors (Lipinski definition) is 4. The molecule has 144 valence electrons. The maximum absolute atomic E-state index is 12.7. The number of nitrogens with zero attached hydrogens (tertiary/aromatic N) is 1. The molecule has 0 unspecified atom stereocenters. The van der Waals surface area contributed by atoms with Crippen LogP contribution in [0.15, 0.2) is 77.7 Å². The zero-order chi connectivity index (χ0) is 20.3. The summed E-state index contributed by atoms with van der Waals surface area (Å²) in [6.45, 7) is 3.84. The van der Waals surface area contributed by atoms with Crippen LogP contribution in [0.1, 0.15) is 21.5 Å². The number of benzene rings is 3. The van der Waals surface area contributed by atoms with Crippen LogP contribution in [0.4, 0.5) is 5.69 Å². The Morgan fingerprint density at radius 1 is 0.857 bits per heavy atom. The summed E-state index contributed by atoms with van der Waals surface area (Å²) in [5.74, 6) is -0.108. The molecule has 3 rings (SSSR count). The highest BCUT2D eigenvalue weighted by molar-refractivity contribution is 7.92. The molecular weight excluding hydrogens is 374 g/mol. The number of carbonyl (C=O) groups excluding carboxylic acids is 1. The van der Waals surface area contributed by atoms with Crippen LogP contribution in [0.5, 0.6) is 5.75 Å². The SMILES string of the molecule is Cc1cc(C)cc(C(=O)Oc2ccc(N(C)S(=O)(=O)c3ccccc3)cc2)c1. The van der Waals surface area contributed by atoms with Gasteiger partial charge in [-0.05, 0) is 62.4 Å². The van der Waals surface area contributed by atoms with Gasteiger partial charge in [-0.1, -0.05) is 35.4 Å². The van der Waals surface area contributed by atoms with Crippen LogP contribution in [-0.2, 0) is 10.0 Å². The van der Waals surface area contributed by atoms with Gasteiger partial charge in [0.05, 0.1) is 16.1 Å². The van der Waals surface area contributed by atoms with E-state index in [9.17, 15) is 13.2 Å². The summed E-state index contributed by atoms with van der Waals surface area (Å²) in [4.78, 5) is 12.6. The van der Waals surface area contributed by atoms with Crippen molar-refractivity contribution >= 4 is 21.7 Å². The van der Waals surface area contributed by atoms with Gasteiger partial charge in [-0.3, -0.25) is 4.31 Å². The van der Waals surface area contributed by atoms with Crippen molar-refractivity contribution in [1.29, 1.82) is 0 Å². The molecule has 6 heteroatoms. The Morgan fingerprint density at radius 2 is 1.43 bits per heavy atom. The van der Waals surface area contributed by atoms with Crippen LogP contribution in [0.2, 0.25) is 0 Å². The normalized spacial score (nSPS) is 11.1. The molecule has 5 nitrogen and oxygen atoms in total. The highest BCUT2D eigenvalue weighted by Crippen LogP contribution is 2.24. The molecule has 3 aromatic carbocycles. The number of carbonyl (C=O) groups is 1. The zero-order valence-corrected chi connectivity index (χ0v) is 16.7. The second-order valence-corrected chi connectivity index (χ2v) is 8.51. The van der Waals surface area contributed by atoms with Crippen LogP contribution in [0, 0.1) is 13.8 Å². The molecule has 0 amide bonds. The molecule has 0 aromatic heterocycles. The van der Waals surface area contributed by atoms with Crippen molar-refractivity contribution < 1.29 is 17.9 Å². The molecule has 0 aliphatic carbocycles. The van der Waals surface area contributed by atoms with Crippen LogP contribution in [-0.4, -0.2) is 21.4 Å². The average Bonchev–Trinajstić information content (AvgIpc) is 2.68. The highest BCUT2D eigenvalue weighted by Gasteiger charge is 2.21. The van der Waals surface area contributed by atoms with Gasteiger partial charge >= 0.3 is 5.97 Å². The number of ether oxygens (including phenoxy) is 1. The Hall–Kier alpha value is -3.12. The highest BCUT2D eigenvalue weighted by atomic mass is 32.2. The van der Waals surface area contributed by atoms with Gasteiger partial charge in [0.25, 0.3) is 10.0 Å². The zero-order valence-electron chi connectivity index (χ0n) is 15.9. The number of hydrogen-bond donors (Lipinski definition) is 0. The van der Waals surface area contributed by atoms with Crippen molar-refractivity contribution in [2.75, 3.05) is 11.4 Å². The monoisotopic (exact) mass is 395 g/mol. The number of esters is 1. The van der Waals surface area contributed by atoms with Crippen molar-refractivity contribution in [3.63, 3.8) is 0 Å². The summed E-state index contributed by atoms with van der Waals surface area (Å²) < 4.78 is 32.0. The number of anilines is 1. The number of rotatable bonds is 5. The topological polar surface area (TPSA) is 63.7 Å². The first kappa shape index (κ1) is 19.6. The van der Waals surface area contributed by atoms with E-state index in [4.69, 9.17) is 4.74 Å². The van der Waals surface area contributed by atoms with Crippen molar-refractivity contribution in [3.05, 3.63) is 89.5 Å². The third-order valence-corrected chi connectivity index (χ3v) is 6.07. The van der Waals surface area contributed by atoms with E-state index >= 15 is 0 Å². The van der Waals surface area contributed by atoms with Gasteiger partial charge < -0.3 is 4.74 Å². The minimum absolute atomic E-state index is 0.211. The molecule has 0 aliphatic heterocycles. The summed E-state index contributed by atoms with van der Waals surface area (Å²) in [5, 5.41) is 0. The van der Waals surface area contributed by atoms with E-state index in [-0.39, 0.29) is 4.90 Å². The minimum Gasteiger partial charge on any atom is -0.423 e. The lowest BCUT2D eigenvalue weighted by atomic mass is 10.1. The van der Waals surface area contributed by atoms with Crippen LogP contribution in [0.25, 0.3) is 0 Å². The summed E-state index contributed by atoms with van der Waals surface area (Å²) >= 11 is 0. The van der Waals surface area contributed by atoms with E-state index in [1.165, 1.54) is 11.4 Å². The lowest BCUT2D eigenvalue weighted by molar-refractivity contribution is 0.0734. The molecular formula is C22H21NO4S. The van der Waals surface area contributed by atoms with E-state index in [1.54, 1.807) is 66.7 Å². The van der Waals surface area contributed by atoms with Gasteiger partial charge in [0, 0.05) is 7.05 Å². The lowest BCUT2D eigenvalue weighted by Gasteiger charge is -2.19. The van der Waals surface area contributed by atoms with Gasteiger partial charge in [0.1, 0.15) is 5.75 Å². The molecule has 28 heavy (non-hydrogen) atoms. The molecule has 0 saturated carbocycles. The van der Waals surface area contributed by atoms with Gasteiger partial charge in [0.15, 0.2) is 0 Å². The molecule has 0 fully saturated rings. The largest absolute Gasteiger partial charge is 0.423 e. The fourth-order valence-electron chi connectivity index (χ4n) is 2.87. The van der Waals surface area contributed by atoms with Crippen LogP contribution < -0.4 is 9.04 Å². The van der Waals surface area contributed by atoms with Gasteiger partial charge in [-0.15, -0.1) is 0 Å². The number of sulfonamides is 1. The first-order valence-electron chi connectivity index (χ1n) is 8.72. The summed E-state index contributed by atoms with van der Waals surface area (Å²) in [5.41, 5.74) is 2.91. The average molecular weight is 395 g/mol. The Labute approximate surface area is 165 Å². The van der Waals surface area contributed by atoms with E-state index in [1.807, 2.05) is 19.9 Å². The molecule has 0 saturated heterocycles. The summed E-state index contributed by atoms with van der Waals surface area (Å²) in [7, 11) is -2.17. The Balaban J connectivity index is 1.77. The standard InChI is InChI=1S/C22H21NO4S/c1-16-13-17(2)15-18(14-16)22(24)27-20-11-9-19(10-12-20)23(3)28(25,26)21-7-5-4-6-8-21/h4-15H,1-3H3. The van der Waals surface area contributed by atoms with Crippen molar-refractivity contribution in [2.45, 2.75) is 18.7 Å². The third-order valence-electron chi connectivity index (χ3n) is 4.27. The number of aryl methyl sites for hydroxylation is 2. The predicted molar refractivity (Wildman–Crippen MR) is 109 cm³/mol. The molecule has 0 atom stereocenters. The van der Waals surface area contributed by atoms with E-state index in [2.05, 4.69) is 0 Å². The first-order chi connectivity index (χ1) is 13.3. The molecule has 0 bridgehead atoms. The van der Waals surface area contributed by atoms with Gasteiger partial charge in [0.2, 0.25) is 0 Å². The maximum atomic E-state index is 12.7. The quantitative estimate of drug-likeness (QED) is 0.476. The molecule has 0 radical (unpaired) electrons. The summed E-state index contributed by atoms with van der Waals surface area (Å²) in [6, 6.07) is 20.1. The predicted octanol–water partition coefficient (Wildman–Crippen LogP) is 4.35. The van der Waals surface area contributed by atoms with Gasteiger partial charge in [-0.25, -0.2) is 13.2 Å². The second-order valence-electron chi connectivity index (χ2n) is 6.55. The van der Waals surface area contributed by atoms with Crippen molar-refractivity contribution in [3.8, 4) is 5.75 Å². The lowest BCUT2D eigenvalue weighted by Crippen LogP contribution is -2.26. The maximum Gasteiger partial charge on any atom is 0.343 e. The van der Waals surface area contributed by atoms with E-state index in [0.29, 0.717) is 17.0 Å².